The van der Waals surface area contributed by atoms with E-state index in [1.165, 1.54) is 5.56 Å². The highest BCUT2D eigenvalue weighted by atomic mass is 16.5. The number of aryl methyl sites for hydroxylation is 2. The first-order chi connectivity index (χ1) is 15.5. The van der Waals surface area contributed by atoms with E-state index in [4.69, 9.17) is 9.72 Å². The number of pyridine rings is 1. The van der Waals surface area contributed by atoms with Gasteiger partial charge in [0.05, 0.1) is 6.07 Å². The average Bonchev–Trinajstić information content (AvgIpc) is 2.82. The first-order valence-corrected chi connectivity index (χ1v) is 11.8. The number of fused-ring (bicyclic) bond motifs is 1. The molecular formula is C24H34N4O4. The largest absolute Gasteiger partial charge is 0.480 e. The van der Waals surface area contributed by atoms with E-state index in [1.54, 1.807) is 0 Å². The van der Waals surface area contributed by atoms with Crippen LogP contribution in [0.5, 0.6) is 0 Å². The maximum Gasteiger partial charge on any atom is 0.326 e. The Morgan fingerprint density at radius 1 is 1.22 bits per heavy atom. The lowest BCUT2D eigenvalue weighted by atomic mass is 9.80. The molecule has 0 spiro atoms. The molecule has 1 aromatic heterocycles. The monoisotopic (exact) mass is 442 g/mol. The number of aromatic nitrogens is 1. The number of unbranched alkanes of at least 4 members (excludes halogenated alkanes) is 4. The van der Waals surface area contributed by atoms with Gasteiger partial charge in [-0.2, -0.15) is 5.26 Å². The molecule has 32 heavy (non-hydrogen) atoms. The summed E-state index contributed by atoms with van der Waals surface area (Å²) in [5, 5.41) is 24.9. The normalized spacial score (nSPS) is 18.0. The minimum Gasteiger partial charge on any atom is -0.480 e. The Hall–Kier alpha value is -2.66. The van der Waals surface area contributed by atoms with E-state index >= 15 is 0 Å². The molecule has 1 atom stereocenters. The van der Waals surface area contributed by atoms with Gasteiger partial charge in [0.15, 0.2) is 0 Å². The number of hydrogen-bond donors (Lipinski definition) is 3. The van der Waals surface area contributed by atoms with Gasteiger partial charge in [-0.1, -0.05) is 31.7 Å². The quantitative estimate of drug-likeness (QED) is 0.449. The fourth-order valence-corrected chi connectivity index (χ4v) is 4.36. The van der Waals surface area contributed by atoms with E-state index in [-0.39, 0.29) is 0 Å². The van der Waals surface area contributed by atoms with E-state index in [1.807, 2.05) is 0 Å². The molecule has 2 aliphatic heterocycles. The number of hydrogen-bond acceptors (Lipinski definition) is 6. The topological polar surface area (TPSA) is 124 Å². The highest BCUT2D eigenvalue weighted by Gasteiger charge is 2.41. The molecule has 0 aliphatic carbocycles. The molecule has 0 radical (unpaired) electrons. The summed E-state index contributed by atoms with van der Waals surface area (Å²) in [6.07, 6.45) is 8.95. The van der Waals surface area contributed by atoms with Crippen molar-refractivity contribution >= 4 is 17.7 Å². The van der Waals surface area contributed by atoms with Gasteiger partial charge in [0.1, 0.15) is 17.3 Å². The summed E-state index contributed by atoms with van der Waals surface area (Å²) >= 11 is 0. The number of carbonyl (C=O) groups excluding carboxylic acids is 1. The van der Waals surface area contributed by atoms with E-state index in [0.29, 0.717) is 32.5 Å². The first kappa shape index (κ1) is 24.0. The number of carboxylic acid groups (broad SMARTS) is 1. The lowest BCUT2D eigenvalue weighted by Gasteiger charge is -2.30. The van der Waals surface area contributed by atoms with Crippen molar-refractivity contribution in [2.75, 3.05) is 25.1 Å². The first-order valence-electron chi connectivity index (χ1n) is 11.8. The van der Waals surface area contributed by atoms with Gasteiger partial charge in [-0.25, -0.2) is 9.78 Å². The molecule has 2 aliphatic rings. The zero-order valence-corrected chi connectivity index (χ0v) is 18.7. The number of carboxylic acids is 1. The van der Waals surface area contributed by atoms with Crippen LogP contribution in [0.15, 0.2) is 12.1 Å². The Bertz CT molecular complexity index is 830. The third-order valence-corrected chi connectivity index (χ3v) is 6.48. The molecule has 3 rings (SSSR count). The van der Waals surface area contributed by atoms with Gasteiger partial charge in [-0.15, -0.1) is 0 Å². The van der Waals surface area contributed by atoms with E-state index < -0.39 is 23.3 Å². The van der Waals surface area contributed by atoms with Crippen LogP contribution in [-0.2, 0) is 27.2 Å². The molecular weight excluding hydrogens is 408 g/mol. The summed E-state index contributed by atoms with van der Waals surface area (Å²) in [5.74, 6) is -0.497. The summed E-state index contributed by atoms with van der Waals surface area (Å²) in [4.78, 5) is 28.9. The van der Waals surface area contributed by atoms with Crippen molar-refractivity contribution in [1.82, 2.24) is 10.3 Å². The van der Waals surface area contributed by atoms with Crippen molar-refractivity contribution in [3.05, 3.63) is 23.4 Å². The number of aliphatic carboxylic acids is 1. The van der Waals surface area contributed by atoms with Gasteiger partial charge in [-0.3, -0.25) is 4.79 Å². The number of nitrogens with one attached hydrogen (secondary N) is 2. The van der Waals surface area contributed by atoms with Crippen LogP contribution in [0.3, 0.4) is 0 Å². The van der Waals surface area contributed by atoms with Crippen LogP contribution in [0.25, 0.3) is 0 Å². The SMILES string of the molecule is N#CC1(C(=O)NC(CCCCCCCc2ccc3c(n2)NCCC3)C(=O)O)CCOCC1. The maximum atomic E-state index is 12.6. The van der Waals surface area contributed by atoms with E-state index in [0.717, 1.165) is 69.4 Å². The smallest absolute Gasteiger partial charge is 0.326 e. The third kappa shape index (κ3) is 6.42. The molecule has 0 aromatic carbocycles. The van der Waals surface area contributed by atoms with Gasteiger partial charge in [0, 0.05) is 25.5 Å². The summed E-state index contributed by atoms with van der Waals surface area (Å²) in [6.45, 7) is 1.68. The Morgan fingerprint density at radius 3 is 2.72 bits per heavy atom. The minimum atomic E-state index is -1.17. The summed E-state index contributed by atoms with van der Waals surface area (Å²) in [7, 11) is 0. The van der Waals surface area contributed by atoms with Gasteiger partial charge in [0.25, 0.3) is 0 Å². The standard InChI is InChI=1S/C24H34N4O4/c25-17-24(12-15-32-16-13-24)23(31)28-20(22(29)30)9-5-3-1-2-4-8-19-11-10-18-7-6-14-26-21(18)27-19/h10-11,20H,1-9,12-16H2,(H,26,27)(H,28,31)(H,29,30). The Morgan fingerprint density at radius 2 is 1.97 bits per heavy atom. The number of anilines is 1. The number of nitriles is 1. The second-order valence-corrected chi connectivity index (χ2v) is 8.82. The van der Waals surface area contributed by atoms with Crippen molar-refractivity contribution < 1.29 is 19.4 Å². The van der Waals surface area contributed by atoms with Crippen molar-refractivity contribution in [1.29, 1.82) is 5.26 Å². The van der Waals surface area contributed by atoms with Crippen LogP contribution in [0, 0.1) is 16.7 Å². The van der Waals surface area contributed by atoms with Crippen molar-refractivity contribution in [3.8, 4) is 6.07 Å². The summed E-state index contributed by atoms with van der Waals surface area (Å²) in [6, 6.07) is 5.44. The zero-order valence-electron chi connectivity index (χ0n) is 18.7. The van der Waals surface area contributed by atoms with Crippen molar-refractivity contribution in [2.24, 2.45) is 5.41 Å². The molecule has 1 saturated heterocycles. The molecule has 8 nitrogen and oxygen atoms in total. The molecule has 1 unspecified atom stereocenters. The lowest BCUT2D eigenvalue weighted by Crippen LogP contribution is -2.50. The zero-order chi connectivity index (χ0) is 22.8. The molecule has 1 aromatic rings. The minimum absolute atomic E-state index is 0.302. The van der Waals surface area contributed by atoms with Crippen LogP contribution in [0.4, 0.5) is 5.82 Å². The molecule has 0 bridgehead atoms. The van der Waals surface area contributed by atoms with Crippen LogP contribution in [0.1, 0.15) is 69.0 Å². The number of nitrogens with zero attached hydrogens (tertiary/aromatic N) is 2. The van der Waals surface area contributed by atoms with E-state index in [9.17, 15) is 20.0 Å². The second-order valence-electron chi connectivity index (χ2n) is 8.82. The molecule has 0 saturated carbocycles. The Labute approximate surface area is 189 Å². The number of ether oxygens (including phenoxy) is 1. The van der Waals surface area contributed by atoms with Gasteiger partial charge in [-0.05, 0) is 56.6 Å². The highest BCUT2D eigenvalue weighted by Crippen LogP contribution is 2.30. The second kappa shape index (κ2) is 11.8. The number of rotatable bonds is 11. The lowest BCUT2D eigenvalue weighted by molar-refractivity contribution is -0.144. The number of carbonyl (C=O) groups is 2. The molecule has 8 heteroatoms. The maximum absolute atomic E-state index is 12.6. The highest BCUT2D eigenvalue weighted by molar-refractivity contribution is 5.89. The van der Waals surface area contributed by atoms with Crippen LogP contribution in [-0.4, -0.2) is 47.8 Å². The Kier molecular flexibility index (Phi) is 8.86. The third-order valence-electron chi connectivity index (χ3n) is 6.48. The molecule has 3 N–H and O–H groups in total. The predicted octanol–water partition coefficient (Wildman–Crippen LogP) is 3.21. The van der Waals surface area contributed by atoms with Crippen molar-refractivity contribution in [2.45, 2.75) is 76.7 Å². The van der Waals surface area contributed by atoms with Gasteiger partial charge < -0.3 is 20.5 Å². The fourth-order valence-electron chi connectivity index (χ4n) is 4.36. The van der Waals surface area contributed by atoms with Crippen molar-refractivity contribution in [3.63, 3.8) is 0 Å². The van der Waals surface area contributed by atoms with Crippen LogP contribution in [0.2, 0.25) is 0 Å². The van der Waals surface area contributed by atoms with Crippen LogP contribution < -0.4 is 10.6 Å². The molecule has 1 amide bonds. The number of amides is 1. The van der Waals surface area contributed by atoms with E-state index in [2.05, 4.69) is 28.8 Å². The molecule has 174 valence electrons. The summed E-state index contributed by atoms with van der Waals surface area (Å²) in [5.41, 5.74) is 1.25. The van der Waals surface area contributed by atoms with Gasteiger partial charge in [0.2, 0.25) is 5.91 Å². The predicted molar refractivity (Wildman–Crippen MR) is 120 cm³/mol. The molecule has 3 heterocycles. The fraction of sp³-hybridized carbons (Fsp3) is 0.667. The van der Waals surface area contributed by atoms with Crippen LogP contribution >= 0.6 is 0 Å². The average molecular weight is 443 g/mol. The molecule has 1 fully saturated rings. The van der Waals surface area contributed by atoms with Gasteiger partial charge >= 0.3 is 5.97 Å². The Balaban J connectivity index is 1.34. The summed E-state index contributed by atoms with van der Waals surface area (Å²) < 4.78 is 5.24.